The molecule has 8 heterocycles. The zero-order valence-corrected chi connectivity index (χ0v) is 65.7. The first-order chi connectivity index (χ1) is 52.7. The standard InChI is InChI=1S/C33H35N5O2.C29H31N5O2.C28H27N5.2ClH/c1-5-10-28-36-37-30-26-21-25(22-11-7-6-8-12-22)29(34-27(26)17-20-38(28)30)23-13-15-24(16-14-23)33(18-9-19-33)35-31(39)40-32(2,3)4;1-28(2,3)36-27(35)33-29(15-7-16-29)21-12-10-20(11-13-21)25-22(19-8-5-4-6-9-19)18-23-24(32-25)14-17-31-26(23)34-30;1-2-7-25-31-32-27-23-18-22(19-8-4-3-5-9-19)26(30-24(23)14-17-33(25)27)20-10-12-21(13-11-20)28(29)15-6-16-28;;/h6-8,11-17,20-21H,5,9-10,18-19H2,1-4H3,(H,35,39);4-6,8-14,17-18H,7,15-16,30H2,1-3H3,(H,31,34)(H,33,35);3-5,8-14,17-18H,2,6-7,15-16,29H2,1H3;2*1H. The number of nitrogen functional groups attached to an aromatic ring is 1. The molecule has 6 aromatic carbocycles. The van der Waals surface area contributed by atoms with Gasteiger partial charge in [0.2, 0.25) is 0 Å². The van der Waals surface area contributed by atoms with E-state index >= 15 is 0 Å². The van der Waals surface area contributed by atoms with Crippen molar-refractivity contribution in [1.29, 1.82) is 0 Å². The highest BCUT2D eigenvalue weighted by molar-refractivity contribution is 6.01. The molecule has 3 saturated carbocycles. The van der Waals surface area contributed by atoms with Gasteiger partial charge in [-0.05, 0) is 182 Å². The van der Waals surface area contributed by atoms with Gasteiger partial charge in [0.15, 0.2) is 11.3 Å². The highest BCUT2D eigenvalue weighted by Gasteiger charge is 2.43. The fourth-order valence-electron chi connectivity index (χ4n) is 15.2. The largest absolute Gasteiger partial charge is 0.444 e. The summed E-state index contributed by atoms with van der Waals surface area (Å²) in [5.41, 5.74) is 27.1. The van der Waals surface area contributed by atoms with Crippen LogP contribution in [0.2, 0.25) is 0 Å². The number of hydrogen-bond acceptors (Lipinski definition) is 15. The van der Waals surface area contributed by atoms with Crippen molar-refractivity contribution in [2.24, 2.45) is 11.6 Å². The Bertz CT molecular complexity index is 5640. The maximum Gasteiger partial charge on any atom is 0.408 e. The first-order valence-electron chi connectivity index (χ1n) is 38.1. The van der Waals surface area contributed by atoms with Crippen LogP contribution in [0.15, 0.2) is 219 Å². The Morgan fingerprint density at radius 2 is 0.793 bits per heavy atom. The lowest BCUT2D eigenvalue weighted by Crippen LogP contribution is -2.52. The second kappa shape index (κ2) is 32.4. The zero-order chi connectivity index (χ0) is 75.7. The predicted molar refractivity (Wildman–Crippen MR) is 449 cm³/mol. The average Bonchev–Trinajstić information content (AvgIpc) is 1.75. The second-order valence-electron chi connectivity index (χ2n) is 31.1. The monoisotopic (exact) mass is 1520 g/mol. The Hall–Kier alpha value is -11.2. The Morgan fingerprint density at radius 3 is 1.12 bits per heavy atom. The molecule has 7 N–H and O–H groups in total. The van der Waals surface area contributed by atoms with E-state index in [1.807, 2.05) is 109 Å². The third-order valence-electron chi connectivity index (χ3n) is 21.3. The molecule has 14 aromatic rings. The molecule has 3 fully saturated rings. The maximum atomic E-state index is 12.6. The first-order valence-corrected chi connectivity index (χ1v) is 38.1. The van der Waals surface area contributed by atoms with Crippen molar-refractivity contribution < 1.29 is 19.1 Å². The summed E-state index contributed by atoms with van der Waals surface area (Å²) < 4.78 is 15.3. The molecule has 2 amide bonds. The molecular formula is C90H95Cl2N15O4. The summed E-state index contributed by atoms with van der Waals surface area (Å²) in [4.78, 5) is 44.8. The predicted octanol–water partition coefficient (Wildman–Crippen LogP) is 20.4. The molecule has 0 atom stereocenters. The molecule has 0 radical (unpaired) electrons. The van der Waals surface area contributed by atoms with Gasteiger partial charge in [-0.3, -0.25) is 8.80 Å². The lowest BCUT2D eigenvalue weighted by molar-refractivity contribution is 0.0365. The van der Waals surface area contributed by atoms with E-state index in [1.165, 1.54) is 12.0 Å². The molecule has 0 aliphatic heterocycles. The maximum absolute atomic E-state index is 12.6. The van der Waals surface area contributed by atoms with Gasteiger partial charge in [0.1, 0.15) is 28.7 Å². The summed E-state index contributed by atoms with van der Waals surface area (Å²) in [6, 6.07) is 68.9. The Kier molecular flexibility index (Phi) is 22.7. The van der Waals surface area contributed by atoms with Gasteiger partial charge in [0, 0.05) is 86.5 Å². The fraction of sp³-hybridized carbons (Fsp3) is 0.289. The number of aryl methyl sites for hydroxylation is 2. The molecule has 3 aliphatic rings. The van der Waals surface area contributed by atoms with Crippen molar-refractivity contribution >= 4 is 86.8 Å². The van der Waals surface area contributed by atoms with E-state index in [4.69, 9.17) is 36.0 Å². The molecule has 568 valence electrons. The van der Waals surface area contributed by atoms with Gasteiger partial charge in [-0.25, -0.2) is 35.4 Å². The van der Waals surface area contributed by atoms with Gasteiger partial charge in [-0.15, -0.1) is 45.2 Å². The number of pyridine rings is 6. The minimum absolute atomic E-state index is 0. The van der Waals surface area contributed by atoms with Gasteiger partial charge in [-0.2, -0.15) is 0 Å². The molecule has 17 rings (SSSR count). The van der Waals surface area contributed by atoms with E-state index in [9.17, 15) is 9.59 Å². The fourth-order valence-corrected chi connectivity index (χ4v) is 15.2. The van der Waals surface area contributed by atoms with E-state index in [0.29, 0.717) is 5.82 Å². The van der Waals surface area contributed by atoms with Gasteiger partial charge in [0.05, 0.1) is 44.7 Å². The third-order valence-corrected chi connectivity index (χ3v) is 21.3. The number of hydrogen-bond donors (Lipinski definition) is 5. The number of carbonyl (C=O) groups excluding carboxylic acids is 2. The van der Waals surface area contributed by atoms with Gasteiger partial charge in [0.25, 0.3) is 0 Å². The Balaban J connectivity index is 0.000000145. The highest BCUT2D eigenvalue weighted by atomic mass is 35.5. The summed E-state index contributed by atoms with van der Waals surface area (Å²) >= 11 is 0. The summed E-state index contributed by atoms with van der Waals surface area (Å²) in [7, 11) is 0. The number of aromatic nitrogens is 10. The molecular weight excluding hydrogens is 1430 g/mol. The number of nitrogens with two attached hydrogens (primary N) is 2. The van der Waals surface area contributed by atoms with E-state index in [0.717, 1.165) is 211 Å². The zero-order valence-electron chi connectivity index (χ0n) is 64.1. The van der Waals surface area contributed by atoms with Crippen LogP contribution in [0.5, 0.6) is 0 Å². The number of carbonyl (C=O) groups is 2. The molecule has 3 aliphatic carbocycles. The summed E-state index contributed by atoms with van der Waals surface area (Å²) in [6.07, 6.45) is 17.8. The van der Waals surface area contributed by atoms with E-state index in [1.54, 1.807) is 6.20 Å². The Labute approximate surface area is 659 Å². The Morgan fingerprint density at radius 1 is 0.441 bits per heavy atom. The van der Waals surface area contributed by atoms with Crippen LogP contribution in [0.4, 0.5) is 15.4 Å². The average molecular weight is 1520 g/mol. The number of fused-ring (bicyclic) bond motifs is 7. The van der Waals surface area contributed by atoms with Crippen molar-refractivity contribution in [3.63, 3.8) is 0 Å². The molecule has 19 nitrogen and oxygen atoms in total. The van der Waals surface area contributed by atoms with Crippen molar-refractivity contribution in [1.82, 2.24) is 59.8 Å². The number of anilines is 1. The van der Waals surface area contributed by atoms with Crippen LogP contribution >= 0.6 is 24.8 Å². The van der Waals surface area contributed by atoms with Crippen LogP contribution in [-0.4, -0.2) is 72.5 Å². The van der Waals surface area contributed by atoms with Crippen LogP contribution in [0.1, 0.15) is 154 Å². The highest BCUT2D eigenvalue weighted by Crippen LogP contribution is 2.46. The third kappa shape index (κ3) is 16.2. The smallest absolute Gasteiger partial charge is 0.408 e. The van der Waals surface area contributed by atoms with E-state index < -0.39 is 22.3 Å². The number of alkyl carbamates (subject to hydrolysis) is 2. The lowest BCUT2D eigenvalue weighted by atomic mass is 9.71. The quantitative estimate of drug-likeness (QED) is 0.0445. The SMILES string of the molecule is CC(C)(C)OC(=O)NC1(c2ccc(-c3nc4ccnc(NN)c4cc3-c3ccccc3)cc2)CCC1.CCCc1nnc2c3cc(-c4ccccc4)c(-c4ccc(C5(N)CCC5)cc4)nc3ccn12.CCCc1nnc2c3cc(-c4ccccc4)c(-c4ccc(C5(NC(=O)OC(C)(C)C)CCC5)cc4)nc3ccn12.Cl.Cl. The minimum Gasteiger partial charge on any atom is -0.444 e. The molecule has 111 heavy (non-hydrogen) atoms. The number of nitrogens with zero attached hydrogens (tertiary/aromatic N) is 10. The van der Waals surface area contributed by atoms with Crippen LogP contribution in [0.25, 0.3) is 111 Å². The van der Waals surface area contributed by atoms with Crippen molar-refractivity contribution in [3.05, 3.63) is 247 Å². The molecule has 21 heteroatoms. The number of nitrogens with one attached hydrogen (secondary N) is 3. The number of halogens is 2. The number of amides is 2. The lowest BCUT2D eigenvalue weighted by Gasteiger charge is -2.43. The van der Waals surface area contributed by atoms with Crippen molar-refractivity contribution in [3.8, 4) is 67.2 Å². The second-order valence-corrected chi connectivity index (χ2v) is 31.1. The first kappa shape index (κ1) is 77.9. The molecule has 0 unspecified atom stereocenters. The minimum atomic E-state index is -0.538. The van der Waals surface area contributed by atoms with Crippen LogP contribution in [0.3, 0.4) is 0 Å². The number of benzene rings is 6. The van der Waals surface area contributed by atoms with Gasteiger partial charge < -0.3 is 31.3 Å². The number of rotatable bonds is 16. The van der Waals surface area contributed by atoms with Gasteiger partial charge in [-0.1, -0.05) is 178 Å². The molecule has 0 bridgehead atoms. The summed E-state index contributed by atoms with van der Waals surface area (Å²) in [5, 5.41) is 27.1. The van der Waals surface area contributed by atoms with Crippen LogP contribution in [0, 0.1) is 0 Å². The van der Waals surface area contributed by atoms with Crippen molar-refractivity contribution in [2.75, 3.05) is 5.43 Å². The van der Waals surface area contributed by atoms with Crippen LogP contribution in [-0.2, 0) is 38.9 Å². The number of ether oxygens (including phenoxy) is 2. The molecule has 0 spiro atoms. The number of hydrazine groups is 1. The normalized spacial score (nSPS) is 14.5. The summed E-state index contributed by atoms with van der Waals surface area (Å²) in [6.45, 7) is 15.6. The topological polar surface area (TPSA) is 253 Å². The molecule has 8 aromatic heterocycles. The molecule has 0 saturated heterocycles. The van der Waals surface area contributed by atoms with E-state index in [-0.39, 0.29) is 42.5 Å². The van der Waals surface area contributed by atoms with Gasteiger partial charge >= 0.3 is 12.2 Å². The van der Waals surface area contributed by atoms with Crippen LogP contribution < -0.4 is 27.6 Å². The summed E-state index contributed by atoms with van der Waals surface area (Å²) in [5.74, 6) is 8.25. The van der Waals surface area contributed by atoms with Crippen molar-refractivity contribution in [2.45, 2.75) is 167 Å². The van der Waals surface area contributed by atoms with E-state index in [2.05, 4.69) is 210 Å².